The van der Waals surface area contributed by atoms with Gasteiger partial charge in [-0.3, -0.25) is 4.57 Å². The monoisotopic (exact) mass is 276 g/mol. The molecule has 0 radical (unpaired) electrons. The van der Waals surface area contributed by atoms with E-state index in [1.807, 2.05) is 0 Å². The van der Waals surface area contributed by atoms with E-state index in [2.05, 4.69) is 0 Å². The standard InChI is InChI=1S/C12H18FO4P/c1-3-12(4-2,17-9-18(14,15)16)10-7-5-6-8-11(10)13/h5-8H,3-4,9H2,1-2H3,(H2,14,15,16). The van der Waals surface area contributed by atoms with E-state index >= 15 is 0 Å². The third-order valence-corrected chi connectivity index (χ3v) is 3.48. The van der Waals surface area contributed by atoms with Gasteiger partial charge in [0.05, 0.1) is 5.60 Å². The minimum atomic E-state index is -4.27. The van der Waals surface area contributed by atoms with E-state index in [1.165, 1.54) is 6.07 Å². The highest BCUT2D eigenvalue weighted by atomic mass is 31.2. The molecule has 1 aromatic carbocycles. The molecule has 0 bridgehead atoms. The first-order chi connectivity index (χ1) is 8.34. The first kappa shape index (κ1) is 15.3. The second kappa shape index (κ2) is 5.93. The highest BCUT2D eigenvalue weighted by Gasteiger charge is 2.34. The van der Waals surface area contributed by atoms with E-state index in [-0.39, 0.29) is 0 Å². The van der Waals surface area contributed by atoms with E-state index in [9.17, 15) is 8.96 Å². The van der Waals surface area contributed by atoms with Crippen molar-refractivity contribution in [1.82, 2.24) is 0 Å². The lowest BCUT2D eigenvalue weighted by Gasteiger charge is -2.32. The van der Waals surface area contributed by atoms with Crippen molar-refractivity contribution >= 4 is 7.60 Å². The third-order valence-electron chi connectivity index (χ3n) is 3.02. The number of halogens is 1. The maximum atomic E-state index is 13.8. The number of hydrogen-bond acceptors (Lipinski definition) is 2. The van der Waals surface area contributed by atoms with Crippen molar-refractivity contribution < 1.29 is 23.5 Å². The summed E-state index contributed by atoms with van der Waals surface area (Å²) in [5.74, 6) is -0.424. The largest absolute Gasteiger partial charge is 0.358 e. The summed E-state index contributed by atoms with van der Waals surface area (Å²) < 4.78 is 30.1. The van der Waals surface area contributed by atoms with E-state index in [0.717, 1.165) is 0 Å². The molecule has 0 aromatic heterocycles. The molecule has 1 rings (SSSR count). The highest BCUT2D eigenvalue weighted by molar-refractivity contribution is 7.51. The van der Waals surface area contributed by atoms with Crippen molar-refractivity contribution in [2.75, 3.05) is 6.35 Å². The minimum Gasteiger partial charge on any atom is -0.358 e. The van der Waals surface area contributed by atoms with Gasteiger partial charge in [0.1, 0.15) is 12.2 Å². The highest BCUT2D eigenvalue weighted by Crippen LogP contribution is 2.41. The number of ether oxygens (including phenoxy) is 1. The van der Waals surface area contributed by atoms with Crippen LogP contribution in [0.25, 0.3) is 0 Å². The fraction of sp³-hybridized carbons (Fsp3) is 0.500. The average Bonchev–Trinajstić information content (AvgIpc) is 2.31. The van der Waals surface area contributed by atoms with Crippen molar-refractivity contribution in [3.8, 4) is 0 Å². The zero-order valence-corrected chi connectivity index (χ0v) is 11.4. The molecule has 0 spiro atoms. The molecular weight excluding hydrogens is 258 g/mol. The minimum absolute atomic E-state index is 0.337. The topological polar surface area (TPSA) is 66.8 Å². The molecule has 0 saturated heterocycles. The summed E-state index contributed by atoms with van der Waals surface area (Å²) >= 11 is 0. The molecule has 0 aliphatic rings. The van der Waals surface area contributed by atoms with Gasteiger partial charge >= 0.3 is 7.60 Å². The molecule has 2 N–H and O–H groups in total. The first-order valence-corrected chi connectivity index (χ1v) is 7.58. The summed E-state index contributed by atoms with van der Waals surface area (Å²) in [5, 5.41) is 0. The molecule has 4 nitrogen and oxygen atoms in total. The van der Waals surface area contributed by atoms with Crippen LogP contribution >= 0.6 is 7.60 Å². The van der Waals surface area contributed by atoms with Crippen LogP contribution in [-0.2, 0) is 14.9 Å². The normalized spacial score (nSPS) is 12.7. The molecule has 6 heteroatoms. The molecule has 0 aliphatic carbocycles. The summed E-state index contributed by atoms with van der Waals surface area (Å²) in [6.45, 7) is 3.60. The first-order valence-electron chi connectivity index (χ1n) is 5.78. The van der Waals surface area contributed by atoms with Gasteiger partial charge in [-0.15, -0.1) is 0 Å². The quantitative estimate of drug-likeness (QED) is 0.784. The summed E-state index contributed by atoms with van der Waals surface area (Å²) in [6, 6.07) is 6.15. The molecule has 0 saturated carbocycles. The molecule has 0 aliphatic heterocycles. The summed E-state index contributed by atoms with van der Waals surface area (Å²) in [6.07, 6.45) is 0.165. The van der Waals surface area contributed by atoms with Crippen LogP contribution in [-0.4, -0.2) is 16.1 Å². The van der Waals surface area contributed by atoms with Crippen LogP contribution in [0.3, 0.4) is 0 Å². The van der Waals surface area contributed by atoms with Gasteiger partial charge in [0.15, 0.2) is 0 Å². The molecule has 0 heterocycles. The Morgan fingerprint density at radius 3 is 2.28 bits per heavy atom. The van der Waals surface area contributed by atoms with Gasteiger partial charge in [0, 0.05) is 5.56 Å². The summed E-state index contributed by atoms with van der Waals surface area (Å²) in [5.41, 5.74) is -0.657. The predicted molar refractivity (Wildman–Crippen MR) is 66.7 cm³/mol. The Morgan fingerprint density at radius 1 is 1.28 bits per heavy atom. The van der Waals surface area contributed by atoms with Crippen molar-refractivity contribution in [2.45, 2.75) is 32.3 Å². The molecular formula is C12H18FO4P. The SMILES string of the molecule is CCC(CC)(OCP(=O)(O)O)c1ccccc1F. The fourth-order valence-electron chi connectivity index (χ4n) is 1.95. The van der Waals surface area contributed by atoms with Crippen LogP contribution < -0.4 is 0 Å². The fourth-order valence-corrected chi connectivity index (χ4v) is 2.37. The Hall–Kier alpha value is -0.740. The van der Waals surface area contributed by atoms with Gasteiger partial charge in [0.25, 0.3) is 0 Å². The second-order valence-electron chi connectivity index (χ2n) is 4.12. The lowest BCUT2D eigenvalue weighted by Crippen LogP contribution is -2.30. The number of rotatable bonds is 6. The van der Waals surface area contributed by atoms with Crippen molar-refractivity contribution in [3.05, 3.63) is 35.6 Å². The van der Waals surface area contributed by atoms with Crippen LogP contribution in [0.1, 0.15) is 32.3 Å². The number of benzene rings is 1. The molecule has 1 aromatic rings. The van der Waals surface area contributed by atoms with E-state index in [1.54, 1.807) is 32.0 Å². The van der Waals surface area contributed by atoms with Crippen LogP contribution in [0, 0.1) is 5.82 Å². The van der Waals surface area contributed by atoms with Crippen LogP contribution in [0.15, 0.2) is 24.3 Å². The van der Waals surface area contributed by atoms with Crippen molar-refractivity contribution in [1.29, 1.82) is 0 Å². The second-order valence-corrected chi connectivity index (χ2v) is 5.71. The average molecular weight is 276 g/mol. The molecule has 0 amide bonds. The van der Waals surface area contributed by atoms with E-state index in [4.69, 9.17) is 14.5 Å². The zero-order chi connectivity index (χ0) is 13.8. The molecule has 18 heavy (non-hydrogen) atoms. The molecule has 0 fully saturated rings. The lowest BCUT2D eigenvalue weighted by molar-refractivity contribution is -0.0419. The van der Waals surface area contributed by atoms with Crippen molar-refractivity contribution in [3.63, 3.8) is 0 Å². The van der Waals surface area contributed by atoms with Gasteiger partial charge in [-0.05, 0) is 18.9 Å². The Bertz CT molecular complexity index is 439. The Kier molecular flexibility index (Phi) is 5.05. The van der Waals surface area contributed by atoms with Gasteiger partial charge in [0.2, 0.25) is 0 Å². The smallest absolute Gasteiger partial charge is 0.351 e. The van der Waals surface area contributed by atoms with Crippen LogP contribution in [0.4, 0.5) is 4.39 Å². The molecule has 0 atom stereocenters. The van der Waals surface area contributed by atoms with Crippen LogP contribution in [0.2, 0.25) is 0 Å². The Balaban J connectivity index is 3.08. The van der Waals surface area contributed by atoms with Gasteiger partial charge in [-0.2, -0.15) is 0 Å². The maximum Gasteiger partial charge on any atom is 0.351 e. The maximum absolute atomic E-state index is 13.8. The number of hydrogen-bond donors (Lipinski definition) is 2. The van der Waals surface area contributed by atoms with Gasteiger partial charge in [-0.25, -0.2) is 4.39 Å². The van der Waals surface area contributed by atoms with E-state index in [0.29, 0.717) is 18.4 Å². The zero-order valence-electron chi connectivity index (χ0n) is 10.5. The Labute approximate surface area is 106 Å². The Morgan fingerprint density at radius 2 is 1.83 bits per heavy atom. The lowest BCUT2D eigenvalue weighted by atomic mass is 9.88. The summed E-state index contributed by atoms with van der Waals surface area (Å²) in [4.78, 5) is 17.8. The van der Waals surface area contributed by atoms with Gasteiger partial charge in [-0.1, -0.05) is 32.0 Å². The predicted octanol–water partition coefficient (Wildman–Crippen LogP) is 2.99. The van der Waals surface area contributed by atoms with Crippen molar-refractivity contribution in [2.24, 2.45) is 0 Å². The third kappa shape index (κ3) is 3.62. The molecule has 102 valence electrons. The molecule has 0 unspecified atom stereocenters. The summed E-state index contributed by atoms with van der Waals surface area (Å²) in [7, 11) is -4.27. The van der Waals surface area contributed by atoms with E-state index < -0.39 is 25.4 Å². The van der Waals surface area contributed by atoms with Gasteiger partial charge < -0.3 is 14.5 Å². The van der Waals surface area contributed by atoms with Crippen LogP contribution in [0.5, 0.6) is 0 Å².